The van der Waals surface area contributed by atoms with Crippen molar-refractivity contribution in [3.8, 4) is 0 Å². The number of ether oxygens (including phenoxy) is 1. The van der Waals surface area contributed by atoms with Gasteiger partial charge in [0, 0.05) is 6.61 Å². The van der Waals surface area contributed by atoms with Gasteiger partial charge in [-0.2, -0.15) is 0 Å². The van der Waals surface area contributed by atoms with Crippen LogP contribution in [0.5, 0.6) is 0 Å². The summed E-state index contributed by atoms with van der Waals surface area (Å²) in [5, 5.41) is 0. The first-order chi connectivity index (χ1) is 6.24. The second-order valence-electron chi connectivity index (χ2n) is 3.70. The summed E-state index contributed by atoms with van der Waals surface area (Å²) in [4.78, 5) is 4.21. The summed E-state index contributed by atoms with van der Waals surface area (Å²) in [6, 6.07) is 0. The zero-order valence-corrected chi connectivity index (χ0v) is 7.75. The molecule has 2 N–H and O–H groups in total. The first-order valence-corrected chi connectivity index (χ1v) is 4.47. The first-order valence-electron chi connectivity index (χ1n) is 4.47. The van der Waals surface area contributed by atoms with E-state index in [1.165, 1.54) is 0 Å². The molecular weight excluding hydrogens is 168 g/mol. The van der Waals surface area contributed by atoms with E-state index in [4.69, 9.17) is 14.9 Å². The molecule has 1 aliphatic heterocycles. The van der Waals surface area contributed by atoms with Gasteiger partial charge in [0.15, 0.2) is 0 Å². The van der Waals surface area contributed by atoms with Crippen LogP contribution in [0.15, 0.2) is 10.6 Å². The summed E-state index contributed by atoms with van der Waals surface area (Å²) in [6.45, 7) is 3.99. The number of nitrogens with zero attached hydrogens (tertiary/aromatic N) is 1. The van der Waals surface area contributed by atoms with Crippen molar-refractivity contribution in [3.05, 3.63) is 17.8 Å². The van der Waals surface area contributed by atoms with Gasteiger partial charge in [0.2, 0.25) is 5.89 Å². The van der Waals surface area contributed by atoms with E-state index in [0.717, 1.165) is 24.7 Å². The highest BCUT2D eigenvalue weighted by atomic mass is 16.5. The van der Waals surface area contributed by atoms with Crippen LogP contribution in [0, 0.1) is 0 Å². The van der Waals surface area contributed by atoms with Crippen LogP contribution in [0.3, 0.4) is 0 Å². The lowest BCUT2D eigenvalue weighted by Crippen LogP contribution is -2.21. The summed E-state index contributed by atoms with van der Waals surface area (Å²) in [7, 11) is 0. The number of aromatic nitrogens is 1. The minimum atomic E-state index is -0.0482. The van der Waals surface area contributed by atoms with Crippen LogP contribution in [0.4, 0.5) is 0 Å². The standard InChI is InChI=1S/C9H14N2O2/c1-9(2-3-12-6-9)8-11-5-7(4-10)13-8/h5H,2-4,6,10H2,1H3. The van der Waals surface area contributed by atoms with Crippen LogP contribution in [-0.2, 0) is 16.7 Å². The molecule has 0 saturated carbocycles. The number of hydrogen-bond acceptors (Lipinski definition) is 4. The SMILES string of the molecule is CC1(c2ncc(CN)o2)CCOC1. The third-order valence-corrected chi connectivity index (χ3v) is 2.49. The van der Waals surface area contributed by atoms with Gasteiger partial charge in [-0.25, -0.2) is 4.98 Å². The molecule has 4 nitrogen and oxygen atoms in total. The molecule has 0 aromatic carbocycles. The molecule has 2 heterocycles. The van der Waals surface area contributed by atoms with Crippen LogP contribution in [0.1, 0.15) is 25.0 Å². The maximum absolute atomic E-state index is 5.50. The van der Waals surface area contributed by atoms with Gasteiger partial charge in [-0.3, -0.25) is 0 Å². The predicted octanol–water partition coefficient (Wildman–Crippen LogP) is 0.811. The first kappa shape index (κ1) is 8.72. The third-order valence-electron chi connectivity index (χ3n) is 2.49. The summed E-state index contributed by atoms with van der Waals surface area (Å²) in [5.41, 5.74) is 5.39. The molecule has 1 aromatic rings. The molecule has 1 atom stereocenters. The Balaban J connectivity index is 2.23. The molecule has 1 unspecified atom stereocenters. The van der Waals surface area contributed by atoms with Gasteiger partial charge in [0.25, 0.3) is 0 Å². The highest BCUT2D eigenvalue weighted by Crippen LogP contribution is 2.31. The van der Waals surface area contributed by atoms with Gasteiger partial charge in [0.05, 0.1) is 24.8 Å². The smallest absolute Gasteiger partial charge is 0.202 e. The fraction of sp³-hybridized carbons (Fsp3) is 0.667. The van der Waals surface area contributed by atoms with Gasteiger partial charge in [-0.15, -0.1) is 0 Å². The molecule has 0 bridgehead atoms. The highest BCUT2D eigenvalue weighted by Gasteiger charge is 2.36. The van der Waals surface area contributed by atoms with Crippen molar-refractivity contribution in [1.82, 2.24) is 4.98 Å². The van der Waals surface area contributed by atoms with Gasteiger partial charge in [-0.05, 0) is 13.3 Å². The average molecular weight is 182 g/mol. The molecule has 1 saturated heterocycles. The number of rotatable bonds is 2. The summed E-state index contributed by atoms with van der Waals surface area (Å²) >= 11 is 0. The van der Waals surface area contributed by atoms with Crippen molar-refractivity contribution in [2.75, 3.05) is 13.2 Å². The lowest BCUT2D eigenvalue weighted by Gasteiger charge is -2.16. The Labute approximate surface area is 77.1 Å². The Morgan fingerprint density at radius 3 is 3.08 bits per heavy atom. The van der Waals surface area contributed by atoms with E-state index in [0.29, 0.717) is 13.2 Å². The molecule has 0 aliphatic carbocycles. The zero-order valence-electron chi connectivity index (χ0n) is 7.75. The molecular formula is C9H14N2O2. The van der Waals surface area contributed by atoms with Crippen molar-refractivity contribution >= 4 is 0 Å². The molecule has 1 fully saturated rings. The fourth-order valence-corrected chi connectivity index (χ4v) is 1.52. The van der Waals surface area contributed by atoms with Crippen LogP contribution in [0.2, 0.25) is 0 Å². The second kappa shape index (κ2) is 3.12. The van der Waals surface area contributed by atoms with E-state index < -0.39 is 0 Å². The topological polar surface area (TPSA) is 61.3 Å². The van der Waals surface area contributed by atoms with Crippen LogP contribution < -0.4 is 5.73 Å². The maximum atomic E-state index is 5.50. The summed E-state index contributed by atoms with van der Waals surface area (Å²) in [6.07, 6.45) is 2.66. The quantitative estimate of drug-likeness (QED) is 0.735. The van der Waals surface area contributed by atoms with E-state index in [9.17, 15) is 0 Å². The van der Waals surface area contributed by atoms with Crippen molar-refractivity contribution in [2.24, 2.45) is 5.73 Å². The van der Waals surface area contributed by atoms with Gasteiger partial charge < -0.3 is 14.9 Å². The van der Waals surface area contributed by atoms with E-state index in [1.54, 1.807) is 6.20 Å². The average Bonchev–Trinajstić information content (AvgIpc) is 2.72. The fourth-order valence-electron chi connectivity index (χ4n) is 1.52. The van der Waals surface area contributed by atoms with Crippen LogP contribution in [-0.4, -0.2) is 18.2 Å². The lowest BCUT2D eigenvalue weighted by atomic mass is 9.90. The summed E-state index contributed by atoms with van der Waals surface area (Å²) < 4.78 is 10.8. The van der Waals surface area contributed by atoms with Crippen molar-refractivity contribution in [1.29, 1.82) is 0 Å². The maximum Gasteiger partial charge on any atom is 0.202 e. The van der Waals surface area contributed by atoms with Gasteiger partial charge >= 0.3 is 0 Å². The molecule has 0 spiro atoms. The number of nitrogens with two attached hydrogens (primary N) is 1. The second-order valence-corrected chi connectivity index (χ2v) is 3.70. The Morgan fingerprint density at radius 1 is 1.69 bits per heavy atom. The van der Waals surface area contributed by atoms with Crippen LogP contribution in [0.25, 0.3) is 0 Å². The zero-order chi connectivity index (χ0) is 9.31. The Hall–Kier alpha value is -0.870. The number of oxazole rings is 1. The minimum Gasteiger partial charge on any atom is -0.444 e. The van der Waals surface area contributed by atoms with Gasteiger partial charge in [0.1, 0.15) is 5.76 Å². The Morgan fingerprint density at radius 2 is 2.54 bits per heavy atom. The third kappa shape index (κ3) is 1.47. The van der Waals surface area contributed by atoms with Crippen molar-refractivity contribution < 1.29 is 9.15 Å². The molecule has 0 radical (unpaired) electrons. The Bertz CT molecular complexity index is 290. The van der Waals surface area contributed by atoms with E-state index >= 15 is 0 Å². The van der Waals surface area contributed by atoms with Crippen molar-refractivity contribution in [2.45, 2.75) is 25.3 Å². The highest BCUT2D eigenvalue weighted by molar-refractivity contribution is 5.07. The van der Waals surface area contributed by atoms with Gasteiger partial charge in [-0.1, -0.05) is 0 Å². The van der Waals surface area contributed by atoms with E-state index in [2.05, 4.69) is 11.9 Å². The van der Waals surface area contributed by atoms with E-state index in [-0.39, 0.29) is 5.41 Å². The van der Waals surface area contributed by atoms with Crippen LogP contribution >= 0.6 is 0 Å². The molecule has 2 rings (SSSR count). The minimum absolute atomic E-state index is 0.0482. The molecule has 72 valence electrons. The lowest BCUT2D eigenvalue weighted by molar-refractivity contribution is 0.172. The molecule has 0 amide bonds. The molecule has 4 heteroatoms. The van der Waals surface area contributed by atoms with E-state index in [1.807, 2.05) is 0 Å². The largest absolute Gasteiger partial charge is 0.444 e. The Kier molecular flexibility index (Phi) is 2.09. The van der Waals surface area contributed by atoms with Crippen molar-refractivity contribution in [3.63, 3.8) is 0 Å². The molecule has 13 heavy (non-hydrogen) atoms. The summed E-state index contributed by atoms with van der Waals surface area (Å²) in [5.74, 6) is 1.49. The number of hydrogen-bond donors (Lipinski definition) is 1. The monoisotopic (exact) mass is 182 g/mol. The predicted molar refractivity (Wildman–Crippen MR) is 47.2 cm³/mol. The normalized spacial score (nSPS) is 28.2. The molecule has 1 aliphatic rings. The molecule has 1 aromatic heterocycles.